The van der Waals surface area contributed by atoms with Crippen molar-refractivity contribution >= 4 is 68.5 Å². The van der Waals surface area contributed by atoms with Gasteiger partial charge in [-0.25, -0.2) is 0 Å². The zero-order valence-corrected chi connectivity index (χ0v) is 22.6. The van der Waals surface area contributed by atoms with Gasteiger partial charge in [-0.3, -0.25) is 0 Å². The van der Waals surface area contributed by atoms with Crippen molar-refractivity contribution in [2.75, 3.05) is 0 Å². The van der Waals surface area contributed by atoms with Crippen LogP contribution in [0.1, 0.15) is 0 Å². The molecule has 0 amide bonds. The fraction of sp³-hybridized carbons (Fsp3) is 1.00. The molecule has 0 saturated carbocycles. The molecule has 0 rings (SSSR count). The van der Waals surface area contributed by atoms with Gasteiger partial charge in [0.2, 0.25) is 0 Å². The number of hydrogen-bond donors (Lipinski definition) is 0. The normalized spacial score (nSPS) is 16.0. The summed E-state index contributed by atoms with van der Waals surface area (Å²) >= 11 is -13.0. The van der Waals surface area contributed by atoms with E-state index in [1.54, 1.807) is 0 Å². The van der Waals surface area contributed by atoms with Crippen LogP contribution in [0.5, 0.6) is 0 Å². The SMILES string of the molecule is [CH3][Sn]([CH3])([CH3])[N](S(=O)[N](S(=O)(=O)C(F)(F)F)[Sn]([CH3])([CH3])[CH3])S(=O)(=O)C(F)(F)F. The van der Waals surface area contributed by atoms with Gasteiger partial charge < -0.3 is 0 Å². The summed E-state index contributed by atoms with van der Waals surface area (Å²) in [5.74, 6) is 0. The molecule has 0 bridgehead atoms. The van der Waals surface area contributed by atoms with E-state index in [1.807, 2.05) is 0 Å². The topological polar surface area (TPSA) is 91.8 Å². The number of halogens is 6. The standard InChI is InChI=1S/C2F6N2O5S3.6CH3.2Sn/c3-1(4,5)17(12,13)9-16(11)10-18(14,15)2(6,7)8;;;;;;;;/h;6*1H3;;/q-2;;;;;;;2*+1. The molecule has 26 heavy (non-hydrogen) atoms. The van der Waals surface area contributed by atoms with Crippen LogP contribution in [0.15, 0.2) is 0 Å². The first-order valence-electron chi connectivity index (χ1n) is 6.55. The zero-order chi connectivity index (χ0) is 21.7. The van der Waals surface area contributed by atoms with Crippen molar-refractivity contribution < 1.29 is 47.4 Å². The van der Waals surface area contributed by atoms with Crippen molar-refractivity contribution in [3.05, 3.63) is 0 Å². The second kappa shape index (κ2) is 7.76. The molecule has 0 N–H and O–H groups in total. The van der Waals surface area contributed by atoms with Gasteiger partial charge in [0.1, 0.15) is 0 Å². The molecule has 0 aliphatic rings. The molecule has 0 fully saturated rings. The Kier molecular flexibility index (Phi) is 8.11. The predicted molar refractivity (Wildman–Crippen MR) is 88.5 cm³/mol. The van der Waals surface area contributed by atoms with Crippen LogP contribution >= 0.6 is 0 Å². The number of rotatable bonds is 6. The van der Waals surface area contributed by atoms with E-state index in [1.165, 1.54) is 0 Å². The maximum absolute atomic E-state index is 13.0. The molecule has 7 nitrogen and oxygen atoms in total. The van der Waals surface area contributed by atoms with E-state index < -0.39 is 83.4 Å². The first-order chi connectivity index (χ1) is 10.9. The number of alkyl halides is 6. The van der Waals surface area contributed by atoms with Crippen LogP contribution < -0.4 is 0 Å². The van der Waals surface area contributed by atoms with E-state index in [4.69, 9.17) is 0 Å². The van der Waals surface area contributed by atoms with E-state index in [0.717, 1.165) is 29.6 Å². The molecule has 0 aromatic carbocycles. The summed E-state index contributed by atoms with van der Waals surface area (Å²) in [6.07, 6.45) is 0. The van der Waals surface area contributed by atoms with Gasteiger partial charge in [0.05, 0.1) is 0 Å². The van der Waals surface area contributed by atoms with Crippen molar-refractivity contribution in [2.24, 2.45) is 0 Å². The van der Waals surface area contributed by atoms with Crippen LogP contribution in [0.4, 0.5) is 26.3 Å². The first kappa shape index (κ1) is 27.1. The third-order valence-corrected chi connectivity index (χ3v) is 34.7. The Morgan fingerprint density at radius 1 is 0.654 bits per heavy atom. The van der Waals surface area contributed by atoms with E-state index in [9.17, 15) is 47.4 Å². The third-order valence-electron chi connectivity index (χ3n) is 2.40. The van der Waals surface area contributed by atoms with E-state index in [-0.39, 0.29) is 0 Å². The van der Waals surface area contributed by atoms with Crippen LogP contribution in [0.3, 0.4) is 0 Å². The summed E-state index contributed by atoms with van der Waals surface area (Å²) in [5.41, 5.74) is -11.9. The molecule has 0 aromatic heterocycles. The molecule has 0 aromatic rings. The maximum atomic E-state index is 13.0. The van der Waals surface area contributed by atoms with Crippen molar-refractivity contribution in [3.8, 4) is 0 Å². The van der Waals surface area contributed by atoms with Gasteiger partial charge >= 0.3 is 160 Å². The van der Waals surface area contributed by atoms with Crippen molar-refractivity contribution in [2.45, 2.75) is 40.7 Å². The molecule has 0 spiro atoms. The van der Waals surface area contributed by atoms with Crippen molar-refractivity contribution in [1.82, 2.24) is 3.86 Å². The molecule has 158 valence electrons. The second-order valence-corrected chi connectivity index (χ2v) is 43.2. The predicted octanol–water partition coefficient (Wildman–Crippen LogP) is 2.54. The molecule has 0 atom stereocenters. The van der Waals surface area contributed by atoms with Crippen molar-refractivity contribution in [1.29, 1.82) is 0 Å². The Labute approximate surface area is 159 Å². The van der Waals surface area contributed by atoms with E-state index in [0.29, 0.717) is 0 Å². The van der Waals surface area contributed by atoms with Crippen molar-refractivity contribution in [3.63, 3.8) is 0 Å². The zero-order valence-electron chi connectivity index (χ0n) is 14.4. The fourth-order valence-corrected chi connectivity index (χ4v) is 33.4. The van der Waals surface area contributed by atoms with Gasteiger partial charge in [-0.15, -0.1) is 0 Å². The van der Waals surface area contributed by atoms with Gasteiger partial charge in [0, 0.05) is 0 Å². The van der Waals surface area contributed by atoms with Crippen LogP contribution in [0.25, 0.3) is 0 Å². The van der Waals surface area contributed by atoms with E-state index >= 15 is 0 Å². The number of nitrogens with zero attached hydrogens (tertiary/aromatic N) is 2. The monoisotopic (exact) mass is 672 g/mol. The summed E-state index contributed by atoms with van der Waals surface area (Å²) in [7, 11) is -12.6. The molecule has 0 saturated heterocycles. The second-order valence-electron chi connectivity index (χ2n) is 6.93. The first-order valence-corrected chi connectivity index (χ1v) is 30.2. The summed E-state index contributed by atoms with van der Waals surface area (Å²) in [6, 6.07) is 0. The quantitative estimate of drug-likeness (QED) is 0.321. The third kappa shape index (κ3) is 5.61. The van der Waals surface area contributed by atoms with Crippen LogP contribution in [-0.2, 0) is 31.2 Å². The molecule has 0 radical (unpaired) electrons. The minimum absolute atomic E-state index is 0.548. The average Bonchev–Trinajstić information content (AvgIpc) is 2.19. The van der Waals surface area contributed by atoms with Gasteiger partial charge in [0.25, 0.3) is 0 Å². The van der Waals surface area contributed by atoms with Crippen LogP contribution in [-0.4, -0.2) is 73.2 Å². The average molecular weight is 670 g/mol. The summed E-state index contributed by atoms with van der Waals surface area (Å²) in [4.78, 5) is 6.29. The molecule has 18 heteroatoms. The molecular formula is C8H18F6N2O5S3Sn2. The number of sulfonamides is 2. The summed E-state index contributed by atoms with van der Waals surface area (Å²) in [5, 5.41) is 0. The minimum atomic E-state index is -6.32. The van der Waals surface area contributed by atoms with Crippen LogP contribution in [0, 0.1) is 0 Å². The summed E-state index contributed by atoms with van der Waals surface area (Å²) in [6.45, 7) is 0. The van der Waals surface area contributed by atoms with Gasteiger partial charge in [-0.1, -0.05) is 0 Å². The Morgan fingerprint density at radius 2 is 0.846 bits per heavy atom. The van der Waals surface area contributed by atoms with Gasteiger partial charge in [-0.2, -0.15) is 0 Å². The Morgan fingerprint density at radius 3 is 0.962 bits per heavy atom. The van der Waals surface area contributed by atoms with Gasteiger partial charge in [0.15, 0.2) is 0 Å². The van der Waals surface area contributed by atoms with Gasteiger partial charge in [-0.05, 0) is 0 Å². The summed E-state index contributed by atoms with van der Waals surface area (Å²) < 4.78 is 137. The Balaban J connectivity index is 6.87. The Bertz CT molecular complexity index is 702. The fourth-order valence-electron chi connectivity index (χ4n) is 1.61. The Hall–Kier alpha value is 1.15. The molecule has 0 heterocycles. The number of hydrogen-bond acceptors (Lipinski definition) is 5. The van der Waals surface area contributed by atoms with E-state index in [2.05, 4.69) is 0 Å². The van der Waals surface area contributed by atoms with Crippen LogP contribution in [0.2, 0.25) is 29.6 Å². The molecular weight excluding hydrogens is 652 g/mol. The molecule has 0 aliphatic heterocycles. The molecule has 0 aliphatic carbocycles. The molecule has 0 unspecified atom stereocenters.